The van der Waals surface area contributed by atoms with Crippen molar-refractivity contribution in [2.45, 2.75) is 20.0 Å². The maximum absolute atomic E-state index is 5.77. The third-order valence-electron chi connectivity index (χ3n) is 2.88. The predicted octanol–water partition coefficient (Wildman–Crippen LogP) is 2.53. The molecule has 6 heteroatoms. The standard InChI is InChI=1S/C16H21N5.HI/c1-13(2)8-18-16(17)19-9-15-10-20-21(12-15)11-14-6-4-3-5-7-14;/h3-7,10,12H,1,8-9,11H2,2H3,(H3,17,18,19);1H. The molecule has 1 aromatic carbocycles. The largest absolute Gasteiger partial charge is 0.370 e. The fourth-order valence-electron chi connectivity index (χ4n) is 1.82. The van der Waals surface area contributed by atoms with E-state index in [2.05, 4.69) is 34.1 Å². The molecule has 0 atom stereocenters. The molecule has 0 bridgehead atoms. The minimum atomic E-state index is 0. The maximum Gasteiger partial charge on any atom is 0.189 e. The van der Waals surface area contributed by atoms with Crippen LogP contribution in [-0.2, 0) is 13.1 Å². The second-order valence-corrected chi connectivity index (χ2v) is 5.04. The Morgan fingerprint density at radius 2 is 2.05 bits per heavy atom. The van der Waals surface area contributed by atoms with Crippen LogP contribution in [0.1, 0.15) is 18.1 Å². The number of halogens is 1. The first-order chi connectivity index (χ1) is 10.1. The van der Waals surface area contributed by atoms with Crippen LogP contribution in [0.25, 0.3) is 0 Å². The van der Waals surface area contributed by atoms with Crippen molar-refractivity contribution in [3.05, 3.63) is 66.0 Å². The summed E-state index contributed by atoms with van der Waals surface area (Å²) in [6.45, 7) is 7.66. The van der Waals surface area contributed by atoms with E-state index in [1.54, 1.807) is 0 Å². The topological polar surface area (TPSA) is 68.2 Å². The smallest absolute Gasteiger partial charge is 0.189 e. The Hall–Kier alpha value is -1.83. The van der Waals surface area contributed by atoms with E-state index in [1.807, 2.05) is 42.2 Å². The molecule has 2 rings (SSSR count). The lowest BCUT2D eigenvalue weighted by molar-refractivity contribution is 0.686. The van der Waals surface area contributed by atoms with Crippen LogP contribution >= 0.6 is 24.0 Å². The van der Waals surface area contributed by atoms with E-state index in [1.165, 1.54) is 5.56 Å². The number of aromatic nitrogens is 2. The summed E-state index contributed by atoms with van der Waals surface area (Å²) in [4.78, 5) is 4.28. The Labute approximate surface area is 148 Å². The lowest BCUT2D eigenvalue weighted by Gasteiger charge is -2.04. The van der Waals surface area contributed by atoms with Gasteiger partial charge in [-0.2, -0.15) is 5.10 Å². The summed E-state index contributed by atoms with van der Waals surface area (Å²) >= 11 is 0. The minimum absolute atomic E-state index is 0. The molecule has 0 amide bonds. The number of benzene rings is 1. The molecule has 0 spiro atoms. The van der Waals surface area contributed by atoms with Crippen LogP contribution in [0.2, 0.25) is 0 Å². The van der Waals surface area contributed by atoms with E-state index < -0.39 is 0 Å². The SMILES string of the molecule is C=C(C)CNC(N)=NCc1cnn(Cc2ccccc2)c1.I. The molecule has 0 aliphatic heterocycles. The molecular formula is C16H22IN5. The molecule has 118 valence electrons. The molecular weight excluding hydrogens is 389 g/mol. The number of nitrogens with two attached hydrogens (primary N) is 1. The molecule has 0 saturated carbocycles. The van der Waals surface area contributed by atoms with Crippen LogP contribution in [0.3, 0.4) is 0 Å². The van der Waals surface area contributed by atoms with Gasteiger partial charge in [0.15, 0.2) is 5.96 Å². The number of nitrogens with one attached hydrogen (secondary N) is 1. The van der Waals surface area contributed by atoms with Gasteiger partial charge in [-0.05, 0) is 12.5 Å². The van der Waals surface area contributed by atoms with Crippen LogP contribution < -0.4 is 11.1 Å². The van der Waals surface area contributed by atoms with Crippen molar-refractivity contribution in [3.63, 3.8) is 0 Å². The van der Waals surface area contributed by atoms with E-state index >= 15 is 0 Å². The van der Waals surface area contributed by atoms with Crippen molar-refractivity contribution >= 4 is 29.9 Å². The van der Waals surface area contributed by atoms with E-state index in [0.717, 1.165) is 17.7 Å². The van der Waals surface area contributed by atoms with Gasteiger partial charge in [-0.1, -0.05) is 42.5 Å². The van der Waals surface area contributed by atoms with Gasteiger partial charge in [0.25, 0.3) is 0 Å². The summed E-state index contributed by atoms with van der Waals surface area (Å²) in [6, 6.07) is 10.2. The van der Waals surface area contributed by atoms with Crippen molar-refractivity contribution in [2.24, 2.45) is 10.7 Å². The predicted molar refractivity (Wildman–Crippen MR) is 101 cm³/mol. The molecule has 1 heterocycles. The Bertz CT molecular complexity index is 618. The Kier molecular flexibility index (Phi) is 7.65. The van der Waals surface area contributed by atoms with Crippen LogP contribution in [0, 0.1) is 0 Å². The van der Waals surface area contributed by atoms with E-state index in [0.29, 0.717) is 19.0 Å². The maximum atomic E-state index is 5.77. The fraction of sp³-hybridized carbons (Fsp3) is 0.250. The number of nitrogens with zero attached hydrogens (tertiary/aromatic N) is 3. The second-order valence-electron chi connectivity index (χ2n) is 5.04. The number of aliphatic imine (C=N–C) groups is 1. The first-order valence-corrected chi connectivity index (χ1v) is 6.87. The highest BCUT2D eigenvalue weighted by Crippen LogP contribution is 2.04. The van der Waals surface area contributed by atoms with Gasteiger partial charge in [0.2, 0.25) is 0 Å². The van der Waals surface area contributed by atoms with Crippen LogP contribution in [-0.4, -0.2) is 22.3 Å². The van der Waals surface area contributed by atoms with E-state index in [-0.39, 0.29) is 24.0 Å². The van der Waals surface area contributed by atoms with Gasteiger partial charge in [0.1, 0.15) is 0 Å². The average molecular weight is 411 g/mol. The van der Waals surface area contributed by atoms with Crippen molar-refractivity contribution in [2.75, 3.05) is 6.54 Å². The molecule has 0 aliphatic rings. The molecule has 3 N–H and O–H groups in total. The van der Waals surface area contributed by atoms with Gasteiger partial charge < -0.3 is 11.1 Å². The summed E-state index contributed by atoms with van der Waals surface area (Å²) < 4.78 is 1.90. The summed E-state index contributed by atoms with van der Waals surface area (Å²) in [7, 11) is 0. The highest BCUT2D eigenvalue weighted by Gasteiger charge is 2.00. The highest BCUT2D eigenvalue weighted by molar-refractivity contribution is 14.0. The third kappa shape index (κ3) is 6.30. The highest BCUT2D eigenvalue weighted by atomic mass is 127. The van der Waals surface area contributed by atoms with E-state index in [9.17, 15) is 0 Å². The summed E-state index contributed by atoms with van der Waals surface area (Å²) in [5.41, 5.74) is 9.04. The molecule has 0 aliphatic carbocycles. The molecule has 0 saturated heterocycles. The molecule has 1 aromatic heterocycles. The third-order valence-corrected chi connectivity index (χ3v) is 2.88. The molecule has 0 fully saturated rings. The minimum Gasteiger partial charge on any atom is -0.370 e. The summed E-state index contributed by atoms with van der Waals surface area (Å²) in [5, 5.41) is 7.34. The summed E-state index contributed by atoms with van der Waals surface area (Å²) in [6.07, 6.45) is 3.81. The van der Waals surface area contributed by atoms with Gasteiger partial charge in [0, 0.05) is 18.3 Å². The monoisotopic (exact) mass is 411 g/mol. The molecule has 2 aromatic rings. The number of rotatable bonds is 6. The Morgan fingerprint density at radius 3 is 2.73 bits per heavy atom. The van der Waals surface area contributed by atoms with Gasteiger partial charge >= 0.3 is 0 Å². The zero-order valence-electron chi connectivity index (χ0n) is 12.7. The lowest BCUT2D eigenvalue weighted by atomic mass is 10.2. The number of hydrogen-bond acceptors (Lipinski definition) is 2. The molecule has 0 radical (unpaired) electrons. The van der Waals surface area contributed by atoms with Gasteiger partial charge in [-0.25, -0.2) is 4.99 Å². The van der Waals surface area contributed by atoms with Gasteiger partial charge in [-0.3, -0.25) is 4.68 Å². The zero-order chi connectivity index (χ0) is 15.1. The zero-order valence-corrected chi connectivity index (χ0v) is 15.0. The van der Waals surface area contributed by atoms with E-state index in [4.69, 9.17) is 5.73 Å². The fourth-order valence-corrected chi connectivity index (χ4v) is 1.82. The number of guanidine groups is 1. The molecule has 22 heavy (non-hydrogen) atoms. The summed E-state index contributed by atoms with van der Waals surface area (Å²) in [5.74, 6) is 0.425. The quantitative estimate of drug-likeness (QED) is 0.332. The van der Waals surface area contributed by atoms with Crippen LogP contribution in [0.4, 0.5) is 0 Å². The normalized spacial score (nSPS) is 10.9. The lowest BCUT2D eigenvalue weighted by Crippen LogP contribution is -2.32. The second kappa shape index (κ2) is 9.24. The van der Waals surface area contributed by atoms with Crippen molar-refractivity contribution in [1.82, 2.24) is 15.1 Å². The number of hydrogen-bond donors (Lipinski definition) is 2. The van der Waals surface area contributed by atoms with Crippen molar-refractivity contribution < 1.29 is 0 Å². The molecule has 5 nitrogen and oxygen atoms in total. The van der Waals surface area contributed by atoms with Crippen LogP contribution in [0.5, 0.6) is 0 Å². The molecule has 0 unspecified atom stereocenters. The Morgan fingerprint density at radius 1 is 1.32 bits per heavy atom. The first-order valence-electron chi connectivity index (χ1n) is 6.87. The van der Waals surface area contributed by atoms with Crippen LogP contribution in [0.15, 0.2) is 59.9 Å². The van der Waals surface area contributed by atoms with Crippen molar-refractivity contribution in [3.8, 4) is 0 Å². The first kappa shape index (κ1) is 18.2. The average Bonchev–Trinajstić information content (AvgIpc) is 2.91. The van der Waals surface area contributed by atoms with Gasteiger partial charge in [0.05, 0.1) is 19.3 Å². The van der Waals surface area contributed by atoms with Gasteiger partial charge in [-0.15, -0.1) is 24.0 Å². The Balaban J connectivity index is 0.00000242. The van der Waals surface area contributed by atoms with Crippen molar-refractivity contribution in [1.29, 1.82) is 0 Å².